The molecule has 2 nitrogen and oxygen atoms in total. The van der Waals surface area contributed by atoms with Crippen molar-refractivity contribution in [1.29, 1.82) is 0 Å². The van der Waals surface area contributed by atoms with E-state index >= 15 is 0 Å². The van der Waals surface area contributed by atoms with Crippen LogP contribution in [0.2, 0.25) is 0 Å². The van der Waals surface area contributed by atoms with Crippen molar-refractivity contribution in [2.24, 2.45) is 5.92 Å². The van der Waals surface area contributed by atoms with E-state index in [-0.39, 0.29) is 24.4 Å². The normalized spacial score (nSPS) is 27.1. The Balaban J connectivity index is 2.21. The van der Waals surface area contributed by atoms with E-state index in [1.54, 1.807) is 6.07 Å². The smallest absolute Gasteiger partial charge is 0.127 e. The molecular formula is C12H16FNO. The number of nitrogens with zero attached hydrogens (tertiary/aromatic N) is 1. The van der Waals surface area contributed by atoms with E-state index in [0.29, 0.717) is 0 Å². The summed E-state index contributed by atoms with van der Waals surface area (Å²) >= 11 is 0. The van der Waals surface area contributed by atoms with Crippen molar-refractivity contribution < 1.29 is 9.50 Å². The molecule has 1 N–H and O–H groups in total. The summed E-state index contributed by atoms with van der Waals surface area (Å²) in [5.74, 6) is 0.132. The molecule has 1 saturated heterocycles. The van der Waals surface area contributed by atoms with E-state index in [2.05, 4.69) is 4.90 Å². The number of likely N-dealkylation sites (tertiary alicyclic amines) is 1. The molecule has 0 aliphatic carbocycles. The molecule has 2 atom stereocenters. The summed E-state index contributed by atoms with van der Waals surface area (Å²) in [5.41, 5.74) is 0.746. The Kier molecular flexibility index (Phi) is 3.03. The van der Waals surface area contributed by atoms with Gasteiger partial charge in [0.25, 0.3) is 0 Å². The van der Waals surface area contributed by atoms with E-state index in [0.717, 1.165) is 18.5 Å². The fraction of sp³-hybridized carbons (Fsp3) is 0.500. The van der Waals surface area contributed by atoms with Gasteiger partial charge in [0.15, 0.2) is 0 Å². The minimum Gasteiger partial charge on any atom is -0.396 e. The lowest BCUT2D eigenvalue weighted by Crippen LogP contribution is -2.19. The number of aliphatic hydroxyl groups is 1. The van der Waals surface area contributed by atoms with E-state index in [4.69, 9.17) is 5.11 Å². The number of halogens is 1. The van der Waals surface area contributed by atoms with E-state index in [1.165, 1.54) is 6.07 Å². The van der Waals surface area contributed by atoms with E-state index in [1.807, 2.05) is 19.2 Å². The lowest BCUT2D eigenvalue weighted by atomic mass is 10.00. The van der Waals surface area contributed by atoms with Crippen LogP contribution in [0.3, 0.4) is 0 Å². The van der Waals surface area contributed by atoms with Crippen LogP contribution in [0.25, 0.3) is 0 Å². The van der Waals surface area contributed by atoms with Crippen LogP contribution < -0.4 is 0 Å². The van der Waals surface area contributed by atoms with Crippen LogP contribution in [-0.2, 0) is 0 Å². The third kappa shape index (κ3) is 2.03. The summed E-state index contributed by atoms with van der Waals surface area (Å²) in [4.78, 5) is 2.11. The lowest BCUT2D eigenvalue weighted by Gasteiger charge is -2.19. The van der Waals surface area contributed by atoms with Gasteiger partial charge in [0, 0.05) is 24.8 Å². The highest BCUT2D eigenvalue weighted by atomic mass is 19.1. The monoisotopic (exact) mass is 209 g/mol. The largest absolute Gasteiger partial charge is 0.396 e. The highest BCUT2D eigenvalue weighted by Crippen LogP contribution is 2.34. The van der Waals surface area contributed by atoms with Gasteiger partial charge >= 0.3 is 0 Å². The van der Waals surface area contributed by atoms with Crippen molar-refractivity contribution in [1.82, 2.24) is 4.90 Å². The summed E-state index contributed by atoms with van der Waals surface area (Å²) in [5, 5.41) is 9.10. The summed E-state index contributed by atoms with van der Waals surface area (Å²) in [7, 11) is 1.98. The molecule has 1 aromatic carbocycles. The third-order valence-corrected chi connectivity index (χ3v) is 3.16. The molecule has 3 heteroatoms. The molecule has 15 heavy (non-hydrogen) atoms. The van der Waals surface area contributed by atoms with E-state index in [9.17, 15) is 4.39 Å². The third-order valence-electron chi connectivity index (χ3n) is 3.16. The van der Waals surface area contributed by atoms with Gasteiger partial charge in [-0.15, -0.1) is 0 Å². The second kappa shape index (κ2) is 4.29. The zero-order valence-electron chi connectivity index (χ0n) is 8.86. The van der Waals surface area contributed by atoms with Gasteiger partial charge < -0.3 is 5.11 Å². The quantitative estimate of drug-likeness (QED) is 0.803. The van der Waals surface area contributed by atoms with Crippen molar-refractivity contribution in [3.8, 4) is 0 Å². The lowest BCUT2D eigenvalue weighted by molar-refractivity contribution is 0.227. The molecular weight excluding hydrogens is 193 g/mol. The highest BCUT2D eigenvalue weighted by Gasteiger charge is 2.31. The molecule has 2 rings (SSSR count). The van der Waals surface area contributed by atoms with Crippen LogP contribution in [0, 0.1) is 11.7 Å². The molecule has 82 valence electrons. The molecule has 0 radical (unpaired) electrons. The summed E-state index contributed by atoms with van der Waals surface area (Å²) in [6, 6.07) is 7.00. The second-order valence-electron chi connectivity index (χ2n) is 4.26. The van der Waals surface area contributed by atoms with Crippen molar-refractivity contribution in [3.63, 3.8) is 0 Å². The maximum Gasteiger partial charge on any atom is 0.127 e. The van der Waals surface area contributed by atoms with Crippen molar-refractivity contribution in [2.75, 3.05) is 20.2 Å². The molecule has 0 amide bonds. The Labute approximate surface area is 89.3 Å². The second-order valence-corrected chi connectivity index (χ2v) is 4.26. The zero-order chi connectivity index (χ0) is 10.8. The first-order valence-electron chi connectivity index (χ1n) is 5.28. The fourth-order valence-electron chi connectivity index (χ4n) is 2.35. The number of benzene rings is 1. The Morgan fingerprint density at radius 2 is 2.20 bits per heavy atom. The van der Waals surface area contributed by atoms with Gasteiger partial charge in [-0.05, 0) is 25.5 Å². The molecule has 0 bridgehead atoms. The number of aliphatic hydroxyl groups excluding tert-OH is 1. The molecule has 1 aliphatic rings. The minimum atomic E-state index is -0.145. The van der Waals surface area contributed by atoms with Gasteiger partial charge in [-0.1, -0.05) is 18.2 Å². The predicted molar refractivity (Wildman–Crippen MR) is 57.0 cm³/mol. The number of rotatable bonds is 2. The minimum absolute atomic E-state index is 0.114. The van der Waals surface area contributed by atoms with Crippen LogP contribution >= 0.6 is 0 Å². The van der Waals surface area contributed by atoms with Gasteiger partial charge in [-0.2, -0.15) is 0 Å². The first-order valence-corrected chi connectivity index (χ1v) is 5.28. The van der Waals surface area contributed by atoms with Gasteiger partial charge in [-0.3, -0.25) is 4.90 Å². The van der Waals surface area contributed by atoms with Crippen molar-refractivity contribution >= 4 is 0 Å². The Morgan fingerprint density at radius 1 is 1.47 bits per heavy atom. The first-order chi connectivity index (χ1) is 7.22. The standard InChI is InChI=1S/C12H16FNO/c1-14-7-9(8-15)6-12(14)10-4-2-3-5-11(10)13/h2-5,9,12,15H,6-8H2,1H3. The average molecular weight is 209 g/mol. The molecule has 1 aromatic rings. The van der Waals surface area contributed by atoms with Gasteiger partial charge in [-0.25, -0.2) is 4.39 Å². The SMILES string of the molecule is CN1CC(CO)CC1c1ccccc1F. The topological polar surface area (TPSA) is 23.5 Å². The van der Waals surface area contributed by atoms with Gasteiger partial charge in [0.05, 0.1) is 0 Å². The van der Waals surface area contributed by atoms with Gasteiger partial charge in [0.1, 0.15) is 5.82 Å². The van der Waals surface area contributed by atoms with Crippen LogP contribution in [0.5, 0.6) is 0 Å². The molecule has 0 aromatic heterocycles. The zero-order valence-corrected chi connectivity index (χ0v) is 8.86. The Bertz CT molecular complexity index is 342. The number of hydrogen-bond donors (Lipinski definition) is 1. The fourth-order valence-corrected chi connectivity index (χ4v) is 2.35. The van der Waals surface area contributed by atoms with Gasteiger partial charge in [0.2, 0.25) is 0 Å². The molecule has 1 fully saturated rings. The number of hydrogen-bond acceptors (Lipinski definition) is 2. The first kappa shape index (κ1) is 10.6. The highest BCUT2D eigenvalue weighted by molar-refractivity contribution is 5.22. The average Bonchev–Trinajstić information content (AvgIpc) is 2.60. The molecule has 2 unspecified atom stereocenters. The summed E-state index contributed by atoms with van der Waals surface area (Å²) < 4.78 is 13.6. The Hall–Kier alpha value is -0.930. The van der Waals surface area contributed by atoms with Crippen LogP contribution in [0.15, 0.2) is 24.3 Å². The van der Waals surface area contributed by atoms with Crippen molar-refractivity contribution in [2.45, 2.75) is 12.5 Å². The molecule has 0 saturated carbocycles. The Morgan fingerprint density at radius 3 is 2.80 bits per heavy atom. The molecule has 0 spiro atoms. The van der Waals surface area contributed by atoms with Crippen LogP contribution in [0.4, 0.5) is 4.39 Å². The maximum absolute atomic E-state index is 13.6. The molecule has 1 heterocycles. The maximum atomic E-state index is 13.6. The van der Waals surface area contributed by atoms with Crippen LogP contribution in [-0.4, -0.2) is 30.2 Å². The predicted octanol–water partition coefficient (Wildman–Crippen LogP) is 1.81. The summed E-state index contributed by atoms with van der Waals surface area (Å²) in [6.45, 7) is 1.03. The summed E-state index contributed by atoms with van der Waals surface area (Å²) in [6.07, 6.45) is 0.841. The molecule has 1 aliphatic heterocycles. The van der Waals surface area contributed by atoms with Crippen LogP contribution in [0.1, 0.15) is 18.0 Å². The van der Waals surface area contributed by atoms with E-state index < -0.39 is 0 Å². The van der Waals surface area contributed by atoms with Crippen molar-refractivity contribution in [3.05, 3.63) is 35.6 Å².